The fraction of sp³-hybridized carbons (Fsp3) is 0.190. The number of anilines is 1. The lowest BCUT2D eigenvalue weighted by Crippen LogP contribution is -2.30. The van der Waals surface area contributed by atoms with Crippen molar-refractivity contribution in [1.29, 1.82) is 0 Å². The highest BCUT2D eigenvalue weighted by molar-refractivity contribution is 5.97. The van der Waals surface area contributed by atoms with E-state index < -0.39 is 18.0 Å². The summed E-state index contributed by atoms with van der Waals surface area (Å²) >= 11 is 0. The largest absolute Gasteiger partial charge is 0.448 e. The molecule has 0 radical (unpaired) electrons. The van der Waals surface area contributed by atoms with Gasteiger partial charge in [0.1, 0.15) is 5.76 Å². The summed E-state index contributed by atoms with van der Waals surface area (Å²) in [4.78, 5) is 28.9. The van der Waals surface area contributed by atoms with Crippen LogP contribution in [0.1, 0.15) is 28.7 Å². The zero-order valence-electron chi connectivity index (χ0n) is 15.4. The summed E-state index contributed by atoms with van der Waals surface area (Å²) in [6.07, 6.45) is -0.978. The van der Waals surface area contributed by atoms with Crippen molar-refractivity contribution < 1.29 is 18.7 Å². The SMILES string of the molecule is Cc1cccc(NC(=O)[C@@H](C)OC(=O)c2nc(-c3ccccc3)oc2C)c1. The van der Waals surface area contributed by atoms with E-state index in [0.717, 1.165) is 11.1 Å². The number of hydrogen-bond acceptors (Lipinski definition) is 5. The van der Waals surface area contributed by atoms with Crippen LogP contribution in [0, 0.1) is 13.8 Å². The Bertz CT molecular complexity index is 963. The smallest absolute Gasteiger partial charge is 0.361 e. The number of benzene rings is 2. The number of aromatic nitrogens is 1. The van der Waals surface area contributed by atoms with Crippen molar-refractivity contribution in [3.63, 3.8) is 0 Å². The van der Waals surface area contributed by atoms with Crippen LogP contribution in [0.5, 0.6) is 0 Å². The Morgan fingerprint density at radius 1 is 1.07 bits per heavy atom. The average Bonchev–Trinajstić information content (AvgIpc) is 3.04. The van der Waals surface area contributed by atoms with Gasteiger partial charge in [-0.3, -0.25) is 4.79 Å². The quantitative estimate of drug-likeness (QED) is 0.688. The summed E-state index contributed by atoms with van der Waals surface area (Å²) in [6.45, 7) is 5.07. The van der Waals surface area contributed by atoms with E-state index in [9.17, 15) is 9.59 Å². The Kier molecular flexibility index (Phi) is 5.35. The first-order valence-corrected chi connectivity index (χ1v) is 8.55. The molecule has 0 aliphatic carbocycles. The first kappa shape index (κ1) is 18.4. The molecule has 6 nitrogen and oxygen atoms in total. The van der Waals surface area contributed by atoms with Crippen LogP contribution in [-0.4, -0.2) is 23.0 Å². The molecule has 0 aliphatic rings. The third kappa shape index (κ3) is 4.41. The van der Waals surface area contributed by atoms with Crippen molar-refractivity contribution in [2.75, 3.05) is 5.32 Å². The van der Waals surface area contributed by atoms with Gasteiger partial charge in [-0.2, -0.15) is 0 Å². The van der Waals surface area contributed by atoms with Crippen LogP contribution < -0.4 is 5.32 Å². The number of nitrogens with one attached hydrogen (secondary N) is 1. The average molecular weight is 364 g/mol. The molecule has 0 saturated heterocycles. The second-order valence-corrected chi connectivity index (χ2v) is 6.20. The van der Waals surface area contributed by atoms with Crippen LogP contribution in [0.2, 0.25) is 0 Å². The predicted octanol–water partition coefficient (Wildman–Crippen LogP) is 4.14. The molecule has 6 heteroatoms. The molecule has 0 unspecified atom stereocenters. The predicted molar refractivity (Wildman–Crippen MR) is 101 cm³/mol. The van der Waals surface area contributed by atoms with Gasteiger partial charge in [0.25, 0.3) is 5.91 Å². The summed E-state index contributed by atoms with van der Waals surface area (Å²) in [5.41, 5.74) is 2.48. The first-order chi connectivity index (χ1) is 12.9. The van der Waals surface area contributed by atoms with Crippen LogP contribution in [0.25, 0.3) is 11.5 Å². The molecule has 3 aromatic rings. The van der Waals surface area contributed by atoms with E-state index in [2.05, 4.69) is 10.3 Å². The molecule has 1 heterocycles. The summed E-state index contributed by atoms with van der Waals surface area (Å²) in [5.74, 6) is -0.453. The molecule has 0 fully saturated rings. The number of aryl methyl sites for hydroxylation is 2. The lowest BCUT2D eigenvalue weighted by atomic mass is 10.2. The summed E-state index contributed by atoms with van der Waals surface area (Å²) in [7, 11) is 0. The van der Waals surface area contributed by atoms with Gasteiger partial charge in [0.05, 0.1) is 0 Å². The number of rotatable bonds is 5. The Hall–Kier alpha value is -3.41. The van der Waals surface area contributed by atoms with Gasteiger partial charge >= 0.3 is 5.97 Å². The minimum Gasteiger partial charge on any atom is -0.448 e. The van der Waals surface area contributed by atoms with Gasteiger partial charge in [0.15, 0.2) is 11.8 Å². The molecule has 1 N–H and O–H groups in total. The van der Waals surface area contributed by atoms with Crippen molar-refractivity contribution in [3.05, 3.63) is 71.6 Å². The first-order valence-electron chi connectivity index (χ1n) is 8.55. The number of ether oxygens (including phenoxy) is 1. The second kappa shape index (κ2) is 7.86. The van der Waals surface area contributed by atoms with E-state index >= 15 is 0 Å². The maximum Gasteiger partial charge on any atom is 0.361 e. The van der Waals surface area contributed by atoms with E-state index in [0.29, 0.717) is 17.3 Å². The Morgan fingerprint density at radius 3 is 2.52 bits per heavy atom. The molecule has 1 atom stereocenters. The van der Waals surface area contributed by atoms with Crippen molar-refractivity contribution in [1.82, 2.24) is 4.98 Å². The van der Waals surface area contributed by atoms with Gasteiger partial charge < -0.3 is 14.5 Å². The van der Waals surface area contributed by atoms with Crippen LogP contribution in [0.4, 0.5) is 5.69 Å². The number of nitrogens with zero attached hydrogens (tertiary/aromatic N) is 1. The standard InChI is InChI=1S/C21H20N2O4/c1-13-8-7-11-17(12-13)22-19(24)15(3)27-21(25)18-14(2)26-20(23-18)16-9-5-4-6-10-16/h4-12,15H,1-3H3,(H,22,24)/t15-/m1/s1. The summed E-state index contributed by atoms with van der Waals surface area (Å²) < 4.78 is 10.8. The Labute approximate surface area is 157 Å². The minimum absolute atomic E-state index is 0.0593. The van der Waals surface area contributed by atoms with E-state index in [4.69, 9.17) is 9.15 Å². The van der Waals surface area contributed by atoms with Crippen LogP contribution in [0.15, 0.2) is 59.0 Å². The minimum atomic E-state index is -0.978. The zero-order valence-corrected chi connectivity index (χ0v) is 15.4. The van der Waals surface area contributed by atoms with Gasteiger partial charge in [-0.05, 0) is 50.6 Å². The highest BCUT2D eigenvalue weighted by Crippen LogP contribution is 2.22. The molecular formula is C21H20N2O4. The van der Waals surface area contributed by atoms with Gasteiger partial charge in [0.2, 0.25) is 5.89 Å². The number of carbonyl (C=O) groups excluding carboxylic acids is 2. The lowest BCUT2D eigenvalue weighted by Gasteiger charge is -2.13. The fourth-order valence-corrected chi connectivity index (χ4v) is 2.53. The van der Waals surface area contributed by atoms with Crippen LogP contribution in [0.3, 0.4) is 0 Å². The highest BCUT2D eigenvalue weighted by atomic mass is 16.5. The van der Waals surface area contributed by atoms with E-state index in [-0.39, 0.29) is 5.69 Å². The Balaban J connectivity index is 1.68. The molecule has 0 bridgehead atoms. The number of hydrogen-bond donors (Lipinski definition) is 1. The molecule has 1 amide bonds. The monoisotopic (exact) mass is 364 g/mol. The normalized spacial score (nSPS) is 11.7. The molecule has 0 aliphatic heterocycles. The van der Waals surface area contributed by atoms with Gasteiger partial charge in [-0.25, -0.2) is 9.78 Å². The number of esters is 1. The maximum absolute atomic E-state index is 12.4. The van der Waals surface area contributed by atoms with E-state index in [1.54, 1.807) is 13.0 Å². The molecule has 1 aromatic heterocycles. The van der Waals surface area contributed by atoms with Crippen LogP contribution >= 0.6 is 0 Å². The van der Waals surface area contributed by atoms with Crippen molar-refractivity contribution in [3.8, 4) is 11.5 Å². The van der Waals surface area contributed by atoms with E-state index in [1.165, 1.54) is 6.92 Å². The lowest BCUT2D eigenvalue weighted by molar-refractivity contribution is -0.123. The number of oxazole rings is 1. The topological polar surface area (TPSA) is 81.4 Å². The number of amides is 1. The third-order valence-corrected chi connectivity index (χ3v) is 3.95. The summed E-state index contributed by atoms with van der Waals surface area (Å²) in [5, 5.41) is 2.73. The second-order valence-electron chi connectivity index (χ2n) is 6.20. The molecule has 27 heavy (non-hydrogen) atoms. The third-order valence-electron chi connectivity index (χ3n) is 3.95. The van der Waals surface area contributed by atoms with Crippen LogP contribution in [-0.2, 0) is 9.53 Å². The molecule has 0 saturated carbocycles. The van der Waals surface area contributed by atoms with E-state index in [1.807, 2.05) is 55.5 Å². The molecule has 2 aromatic carbocycles. The zero-order chi connectivity index (χ0) is 19.4. The van der Waals surface area contributed by atoms with Crippen molar-refractivity contribution in [2.45, 2.75) is 26.9 Å². The van der Waals surface area contributed by atoms with Gasteiger partial charge in [-0.15, -0.1) is 0 Å². The molecule has 138 valence electrons. The summed E-state index contributed by atoms with van der Waals surface area (Å²) in [6, 6.07) is 16.6. The molecule has 3 rings (SSSR count). The molecule has 0 spiro atoms. The fourth-order valence-electron chi connectivity index (χ4n) is 2.53. The van der Waals surface area contributed by atoms with Gasteiger partial charge in [-0.1, -0.05) is 30.3 Å². The molecular weight excluding hydrogens is 344 g/mol. The highest BCUT2D eigenvalue weighted by Gasteiger charge is 2.24. The number of carbonyl (C=O) groups is 2. The Morgan fingerprint density at radius 2 is 1.81 bits per heavy atom. The van der Waals surface area contributed by atoms with Gasteiger partial charge in [0, 0.05) is 11.3 Å². The van der Waals surface area contributed by atoms with Crippen molar-refractivity contribution >= 4 is 17.6 Å². The maximum atomic E-state index is 12.4. The van der Waals surface area contributed by atoms with Crippen molar-refractivity contribution in [2.24, 2.45) is 0 Å².